The molecule has 0 spiro atoms. The summed E-state index contributed by atoms with van der Waals surface area (Å²) in [6.07, 6.45) is 0. The molecule has 0 unspecified atom stereocenters. The SMILES string of the molecule is [C-]#[N+]c1cccc(-c2ccc(-c3c4ccccc4c(-c4ccc(-c5cccc(C#N)n5)cc4)c4cc(-c5ccccc5)ccc34)cc2)n1. The molecule has 4 heteroatoms. The predicted molar refractivity (Wildman–Crippen MR) is 195 cm³/mol. The van der Waals surface area contributed by atoms with Gasteiger partial charge >= 0.3 is 0 Å². The summed E-state index contributed by atoms with van der Waals surface area (Å²) in [6.45, 7) is 7.37. The van der Waals surface area contributed by atoms with Crippen molar-refractivity contribution < 1.29 is 0 Å². The van der Waals surface area contributed by atoms with Crippen LogP contribution in [0.2, 0.25) is 0 Å². The van der Waals surface area contributed by atoms with Crippen LogP contribution in [-0.4, -0.2) is 9.97 Å². The molecule has 0 saturated heterocycles. The number of hydrogen-bond acceptors (Lipinski definition) is 3. The zero-order valence-electron chi connectivity index (χ0n) is 25.8. The van der Waals surface area contributed by atoms with E-state index in [9.17, 15) is 5.26 Å². The van der Waals surface area contributed by atoms with Gasteiger partial charge in [0.15, 0.2) is 5.69 Å². The molecule has 0 saturated carbocycles. The van der Waals surface area contributed by atoms with Gasteiger partial charge in [-0.2, -0.15) is 5.26 Å². The Kier molecular flexibility index (Phi) is 7.23. The highest BCUT2D eigenvalue weighted by atomic mass is 14.9. The summed E-state index contributed by atoms with van der Waals surface area (Å²) < 4.78 is 0. The molecule has 2 heterocycles. The van der Waals surface area contributed by atoms with Crippen molar-refractivity contribution in [1.29, 1.82) is 5.26 Å². The summed E-state index contributed by atoms with van der Waals surface area (Å²) in [5.74, 6) is 0.387. The monoisotopic (exact) mass is 610 g/mol. The average Bonchev–Trinajstić information content (AvgIpc) is 3.17. The molecular weight excluding hydrogens is 585 g/mol. The zero-order chi connectivity index (χ0) is 32.5. The second-order valence-corrected chi connectivity index (χ2v) is 11.6. The number of benzene rings is 6. The number of pyridine rings is 2. The molecule has 0 fully saturated rings. The molecule has 0 aliphatic rings. The highest BCUT2D eigenvalue weighted by molar-refractivity contribution is 6.22. The maximum Gasteiger partial charge on any atom is 0.270 e. The molecule has 0 aliphatic carbocycles. The van der Waals surface area contributed by atoms with Crippen LogP contribution in [0.1, 0.15) is 5.69 Å². The first-order chi connectivity index (χ1) is 23.7. The van der Waals surface area contributed by atoms with Crippen molar-refractivity contribution in [3.63, 3.8) is 0 Å². The molecule has 0 N–H and O–H groups in total. The van der Waals surface area contributed by atoms with E-state index in [0.29, 0.717) is 11.5 Å². The number of rotatable bonds is 5. The van der Waals surface area contributed by atoms with Gasteiger partial charge in [-0.25, -0.2) is 4.98 Å². The van der Waals surface area contributed by atoms with Gasteiger partial charge in [-0.05, 0) is 85.3 Å². The lowest BCUT2D eigenvalue weighted by Crippen LogP contribution is -1.92. The van der Waals surface area contributed by atoms with E-state index in [0.717, 1.165) is 60.9 Å². The van der Waals surface area contributed by atoms with E-state index < -0.39 is 0 Å². The number of hydrogen-bond donors (Lipinski definition) is 0. The second-order valence-electron chi connectivity index (χ2n) is 11.6. The Labute approximate surface area is 278 Å². The topological polar surface area (TPSA) is 53.9 Å². The van der Waals surface area contributed by atoms with Crippen molar-refractivity contribution in [1.82, 2.24) is 9.97 Å². The third-order valence-electron chi connectivity index (χ3n) is 8.78. The van der Waals surface area contributed by atoms with Crippen molar-refractivity contribution >= 4 is 27.4 Å². The maximum absolute atomic E-state index is 9.37. The Morgan fingerprint density at radius 1 is 0.438 bits per heavy atom. The molecule has 222 valence electrons. The molecule has 0 bridgehead atoms. The lowest BCUT2D eigenvalue weighted by Gasteiger charge is -2.19. The van der Waals surface area contributed by atoms with Crippen LogP contribution in [-0.2, 0) is 0 Å². The van der Waals surface area contributed by atoms with Crippen LogP contribution in [0.5, 0.6) is 0 Å². The molecule has 48 heavy (non-hydrogen) atoms. The molecule has 0 aliphatic heterocycles. The molecule has 8 rings (SSSR count). The van der Waals surface area contributed by atoms with Crippen LogP contribution in [0.4, 0.5) is 5.82 Å². The molecule has 0 radical (unpaired) electrons. The minimum Gasteiger partial charge on any atom is -0.361 e. The van der Waals surface area contributed by atoms with Gasteiger partial charge in [0.1, 0.15) is 11.8 Å². The summed E-state index contributed by atoms with van der Waals surface area (Å²) in [5, 5.41) is 14.0. The minimum atomic E-state index is 0.387. The van der Waals surface area contributed by atoms with Crippen molar-refractivity contribution in [2.24, 2.45) is 0 Å². The molecule has 0 amide bonds. The van der Waals surface area contributed by atoms with Gasteiger partial charge in [0.05, 0.1) is 5.69 Å². The first-order valence-corrected chi connectivity index (χ1v) is 15.7. The Bertz CT molecular complexity index is 2560. The van der Waals surface area contributed by atoms with Gasteiger partial charge in [-0.15, -0.1) is 4.98 Å². The standard InChI is InChI=1S/C44H26N4/c1-46-42-16-8-15-41(48-42)31-19-21-32(22-20-31)43-36-12-5-6-13-37(36)44(39-27-34(25-26-38(39)43)29-9-3-2-4-10-29)33-23-17-30(18-24-33)40-14-7-11-35(28-45)47-40/h2-27H. The quantitative estimate of drug-likeness (QED) is 0.144. The predicted octanol–water partition coefficient (Wildman–Crippen LogP) is 11.5. The van der Waals surface area contributed by atoms with Gasteiger partial charge in [-0.3, -0.25) is 0 Å². The fraction of sp³-hybridized carbons (Fsp3) is 0. The number of aromatic nitrogens is 2. The smallest absolute Gasteiger partial charge is 0.270 e. The summed E-state index contributed by atoms with van der Waals surface area (Å²) in [6, 6.07) is 56.1. The Hall–Kier alpha value is -6.88. The zero-order valence-corrected chi connectivity index (χ0v) is 25.8. The molecule has 8 aromatic rings. The third kappa shape index (κ3) is 5.14. The van der Waals surface area contributed by atoms with Gasteiger partial charge in [0.25, 0.3) is 5.82 Å². The van der Waals surface area contributed by atoms with E-state index in [-0.39, 0.29) is 0 Å². The minimum absolute atomic E-state index is 0.387. The molecular formula is C44H26N4. The van der Waals surface area contributed by atoms with Gasteiger partial charge in [-0.1, -0.05) is 134 Å². The fourth-order valence-electron chi connectivity index (χ4n) is 6.53. The Morgan fingerprint density at radius 2 is 0.958 bits per heavy atom. The molecule has 4 nitrogen and oxygen atoms in total. The average molecular weight is 611 g/mol. The summed E-state index contributed by atoms with van der Waals surface area (Å²) in [7, 11) is 0. The fourth-order valence-corrected chi connectivity index (χ4v) is 6.53. The van der Waals surface area contributed by atoms with E-state index in [2.05, 4.69) is 136 Å². The van der Waals surface area contributed by atoms with Crippen molar-refractivity contribution in [2.45, 2.75) is 0 Å². The van der Waals surface area contributed by atoms with Crippen LogP contribution >= 0.6 is 0 Å². The van der Waals surface area contributed by atoms with E-state index in [1.165, 1.54) is 16.5 Å². The summed E-state index contributed by atoms with van der Waals surface area (Å²) in [5.41, 5.74) is 10.8. The van der Waals surface area contributed by atoms with E-state index in [1.807, 2.05) is 30.3 Å². The van der Waals surface area contributed by atoms with Gasteiger partial charge < -0.3 is 4.85 Å². The van der Waals surface area contributed by atoms with Crippen molar-refractivity contribution in [2.75, 3.05) is 0 Å². The highest BCUT2D eigenvalue weighted by Crippen LogP contribution is 2.45. The molecule has 6 aromatic carbocycles. The number of nitrogens with zero attached hydrogens (tertiary/aromatic N) is 4. The van der Waals surface area contributed by atoms with Crippen molar-refractivity contribution in [3.8, 4) is 62.0 Å². The lowest BCUT2D eigenvalue weighted by atomic mass is 9.84. The normalized spacial score (nSPS) is 10.9. The Morgan fingerprint density at radius 3 is 1.58 bits per heavy atom. The molecule has 0 atom stereocenters. The van der Waals surface area contributed by atoms with Crippen LogP contribution in [0, 0.1) is 17.9 Å². The van der Waals surface area contributed by atoms with Gasteiger partial charge in [0.2, 0.25) is 0 Å². The van der Waals surface area contributed by atoms with Crippen LogP contribution < -0.4 is 0 Å². The summed E-state index contributed by atoms with van der Waals surface area (Å²) >= 11 is 0. The van der Waals surface area contributed by atoms with Crippen LogP contribution in [0.25, 0.3) is 82.3 Å². The van der Waals surface area contributed by atoms with Gasteiger partial charge in [0, 0.05) is 11.1 Å². The highest BCUT2D eigenvalue weighted by Gasteiger charge is 2.18. The van der Waals surface area contributed by atoms with E-state index in [4.69, 9.17) is 6.57 Å². The second kappa shape index (κ2) is 12.1. The first-order valence-electron chi connectivity index (χ1n) is 15.7. The number of fused-ring (bicyclic) bond motifs is 2. The maximum atomic E-state index is 9.37. The first kappa shape index (κ1) is 28.6. The van der Waals surface area contributed by atoms with E-state index >= 15 is 0 Å². The number of nitriles is 1. The third-order valence-corrected chi connectivity index (χ3v) is 8.78. The largest absolute Gasteiger partial charge is 0.361 e. The lowest BCUT2D eigenvalue weighted by molar-refractivity contribution is 1.27. The van der Waals surface area contributed by atoms with E-state index in [1.54, 1.807) is 12.1 Å². The molecule has 2 aromatic heterocycles. The Balaban J connectivity index is 1.35. The van der Waals surface area contributed by atoms with Crippen LogP contribution in [0.3, 0.4) is 0 Å². The summed E-state index contributed by atoms with van der Waals surface area (Å²) in [4.78, 5) is 12.5. The van der Waals surface area contributed by atoms with Crippen molar-refractivity contribution in [3.05, 3.63) is 175 Å². The van der Waals surface area contributed by atoms with Crippen LogP contribution in [0.15, 0.2) is 158 Å².